The van der Waals surface area contributed by atoms with Gasteiger partial charge in [-0.25, -0.2) is 0 Å². The predicted octanol–water partition coefficient (Wildman–Crippen LogP) is 3.91. The summed E-state index contributed by atoms with van der Waals surface area (Å²) in [5.41, 5.74) is 9.76. The Morgan fingerprint density at radius 2 is 2.14 bits per heavy atom. The molecule has 0 amide bonds. The summed E-state index contributed by atoms with van der Waals surface area (Å²) >= 11 is 1.82. The Balaban J connectivity index is 1.93. The van der Waals surface area contributed by atoms with Crippen LogP contribution in [0.4, 0.5) is 5.00 Å². The van der Waals surface area contributed by atoms with Gasteiger partial charge in [0.15, 0.2) is 0 Å². The van der Waals surface area contributed by atoms with Gasteiger partial charge >= 0.3 is 0 Å². The maximum absolute atomic E-state index is 6.16. The van der Waals surface area contributed by atoms with E-state index in [4.69, 9.17) is 10.5 Å². The number of rotatable bonds is 6. The molecule has 3 nitrogen and oxygen atoms in total. The molecule has 1 heterocycles. The third-order valence-electron chi connectivity index (χ3n) is 4.24. The fourth-order valence-corrected chi connectivity index (χ4v) is 4.22. The van der Waals surface area contributed by atoms with Gasteiger partial charge in [0.2, 0.25) is 0 Å². The first kappa shape index (κ1) is 14.7. The monoisotopic (exact) mass is 304 g/mol. The van der Waals surface area contributed by atoms with Crippen molar-refractivity contribution >= 4 is 22.1 Å². The zero-order valence-corrected chi connectivity index (χ0v) is 13.5. The minimum Gasteiger partial charge on any atom is -0.494 e. The van der Waals surface area contributed by atoms with Gasteiger partial charge in [-0.2, -0.15) is 0 Å². The summed E-state index contributed by atoms with van der Waals surface area (Å²) in [6.45, 7) is 10.9. The van der Waals surface area contributed by atoms with E-state index in [0.717, 1.165) is 41.3 Å². The predicted molar refractivity (Wildman–Crippen MR) is 90.5 cm³/mol. The van der Waals surface area contributed by atoms with Crippen LogP contribution < -0.4 is 11.1 Å². The molecule has 4 heteroatoms. The standard InChI is InChI=1S/C17H24N2OS/c1-4-20-11(3)16-14-9-13(18)7-8-15(14)21-17(16)19-10(2)12-5-6-12/h12-13,19H,2-9,18H2,1H3. The van der Waals surface area contributed by atoms with Gasteiger partial charge in [-0.1, -0.05) is 13.2 Å². The van der Waals surface area contributed by atoms with Crippen molar-refractivity contribution in [1.29, 1.82) is 0 Å². The maximum atomic E-state index is 6.16. The molecule has 1 saturated carbocycles. The fraction of sp³-hybridized carbons (Fsp3) is 0.529. The Bertz CT molecular complexity index is 572. The number of thiophene rings is 1. The molecular weight excluding hydrogens is 280 g/mol. The van der Waals surface area contributed by atoms with Crippen LogP contribution in [0.5, 0.6) is 0 Å². The number of hydrogen-bond acceptors (Lipinski definition) is 4. The van der Waals surface area contributed by atoms with E-state index in [2.05, 4.69) is 18.5 Å². The normalized spacial score (nSPS) is 20.8. The lowest BCUT2D eigenvalue weighted by molar-refractivity contribution is 0.299. The minimum atomic E-state index is 0.250. The van der Waals surface area contributed by atoms with Gasteiger partial charge in [0.25, 0.3) is 0 Å². The van der Waals surface area contributed by atoms with Crippen LogP contribution in [0.1, 0.15) is 42.2 Å². The third kappa shape index (κ3) is 3.01. The molecule has 0 radical (unpaired) electrons. The summed E-state index contributed by atoms with van der Waals surface area (Å²) in [5.74, 6) is 1.40. The zero-order chi connectivity index (χ0) is 15.0. The summed E-state index contributed by atoms with van der Waals surface area (Å²) in [6.07, 6.45) is 5.56. The molecule has 0 bridgehead atoms. The average Bonchev–Trinajstić information content (AvgIpc) is 3.22. The topological polar surface area (TPSA) is 47.3 Å². The summed E-state index contributed by atoms with van der Waals surface area (Å²) in [6, 6.07) is 0.250. The molecule has 2 aliphatic carbocycles. The molecule has 2 aliphatic rings. The van der Waals surface area contributed by atoms with E-state index in [1.54, 1.807) is 0 Å². The van der Waals surface area contributed by atoms with Crippen LogP contribution in [0.15, 0.2) is 18.9 Å². The highest BCUT2D eigenvalue weighted by molar-refractivity contribution is 7.16. The largest absolute Gasteiger partial charge is 0.494 e. The van der Waals surface area contributed by atoms with Gasteiger partial charge in [0, 0.05) is 16.6 Å². The zero-order valence-electron chi connectivity index (χ0n) is 12.7. The molecule has 1 aromatic rings. The SMILES string of the molecule is C=C(OCC)c1c(NC(=C)C2CC2)sc2c1CC(N)CC2. The van der Waals surface area contributed by atoms with E-state index >= 15 is 0 Å². The number of aryl methyl sites for hydroxylation is 1. The van der Waals surface area contributed by atoms with Crippen molar-refractivity contribution in [3.05, 3.63) is 34.9 Å². The first-order valence-electron chi connectivity index (χ1n) is 7.78. The van der Waals surface area contributed by atoms with Gasteiger partial charge in [0.1, 0.15) is 10.8 Å². The molecule has 3 N–H and O–H groups in total. The highest BCUT2D eigenvalue weighted by Crippen LogP contribution is 2.44. The minimum absolute atomic E-state index is 0.250. The van der Waals surface area contributed by atoms with Crippen LogP contribution in [0.25, 0.3) is 5.76 Å². The lowest BCUT2D eigenvalue weighted by Gasteiger charge is -2.20. The average molecular weight is 304 g/mol. The molecule has 1 aromatic heterocycles. The van der Waals surface area contributed by atoms with E-state index in [0.29, 0.717) is 12.5 Å². The fourth-order valence-electron chi connectivity index (χ4n) is 2.92. The molecule has 3 rings (SSSR count). The van der Waals surface area contributed by atoms with Crippen molar-refractivity contribution in [3.8, 4) is 0 Å². The van der Waals surface area contributed by atoms with Gasteiger partial charge in [0.05, 0.1) is 12.2 Å². The first-order chi connectivity index (χ1) is 10.1. The highest BCUT2D eigenvalue weighted by Gasteiger charge is 2.29. The number of anilines is 1. The number of fused-ring (bicyclic) bond motifs is 1. The van der Waals surface area contributed by atoms with Crippen molar-refractivity contribution in [2.45, 2.75) is 45.1 Å². The van der Waals surface area contributed by atoms with Crippen LogP contribution in [0.3, 0.4) is 0 Å². The molecular formula is C17H24N2OS. The molecule has 0 aliphatic heterocycles. The number of allylic oxidation sites excluding steroid dienone is 1. The van der Waals surface area contributed by atoms with Crippen LogP contribution >= 0.6 is 11.3 Å². The van der Waals surface area contributed by atoms with Crippen LogP contribution in [-0.2, 0) is 17.6 Å². The smallest absolute Gasteiger partial charge is 0.122 e. The summed E-state index contributed by atoms with van der Waals surface area (Å²) in [4.78, 5) is 1.43. The molecule has 1 fully saturated rings. The van der Waals surface area contributed by atoms with Crippen LogP contribution in [0.2, 0.25) is 0 Å². The maximum Gasteiger partial charge on any atom is 0.122 e. The lowest BCUT2D eigenvalue weighted by Crippen LogP contribution is -2.27. The van der Waals surface area contributed by atoms with Crippen molar-refractivity contribution in [3.63, 3.8) is 0 Å². The van der Waals surface area contributed by atoms with Crippen molar-refractivity contribution in [1.82, 2.24) is 0 Å². The third-order valence-corrected chi connectivity index (χ3v) is 5.45. The quantitative estimate of drug-likeness (QED) is 0.783. The van der Waals surface area contributed by atoms with Crippen molar-refractivity contribution in [2.24, 2.45) is 11.7 Å². The second kappa shape index (κ2) is 5.85. The van der Waals surface area contributed by atoms with Gasteiger partial charge in [-0.05, 0) is 50.5 Å². The second-order valence-electron chi connectivity index (χ2n) is 5.99. The molecule has 21 heavy (non-hydrogen) atoms. The van der Waals surface area contributed by atoms with Gasteiger partial charge in [-0.3, -0.25) is 0 Å². The number of ether oxygens (including phenoxy) is 1. The molecule has 1 unspecified atom stereocenters. The molecule has 0 saturated heterocycles. The number of nitrogens with two attached hydrogens (primary N) is 1. The molecule has 1 atom stereocenters. The van der Waals surface area contributed by atoms with E-state index in [1.165, 1.54) is 23.3 Å². The van der Waals surface area contributed by atoms with Crippen LogP contribution in [-0.4, -0.2) is 12.6 Å². The molecule has 0 aromatic carbocycles. The highest BCUT2D eigenvalue weighted by atomic mass is 32.1. The Hall–Kier alpha value is -1.26. The Labute approximate surface area is 130 Å². The summed E-state index contributed by atoms with van der Waals surface area (Å²) in [5, 5.41) is 4.67. The van der Waals surface area contributed by atoms with E-state index in [-0.39, 0.29) is 6.04 Å². The molecule has 114 valence electrons. The number of nitrogens with one attached hydrogen (secondary N) is 1. The lowest BCUT2D eigenvalue weighted by atomic mass is 9.91. The van der Waals surface area contributed by atoms with Crippen LogP contribution in [0, 0.1) is 5.92 Å². The number of hydrogen-bond donors (Lipinski definition) is 2. The van der Waals surface area contributed by atoms with E-state index in [1.807, 2.05) is 18.3 Å². The van der Waals surface area contributed by atoms with Gasteiger partial charge < -0.3 is 15.8 Å². The molecule has 0 spiro atoms. The van der Waals surface area contributed by atoms with Gasteiger partial charge in [-0.15, -0.1) is 11.3 Å². The summed E-state index contributed by atoms with van der Waals surface area (Å²) in [7, 11) is 0. The Morgan fingerprint density at radius 3 is 2.81 bits per heavy atom. The second-order valence-corrected chi connectivity index (χ2v) is 7.10. The first-order valence-corrected chi connectivity index (χ1v) is 8.59. The Kier molecular flexibility index (Phi) is 4.09. The van der Waals surface area contributed by atoms with E-state index in [9.17, 15) is 0 Å². The summed E-state index contributed by atoms with van der Waals surface area (Å²) < 4.78 is 5.69. The Morgan fingerprint density at radius 1 is 1.38 bits per heavy atom. The van der Waals surface area contributed by atoms with Crippen molar-refractivity contribution < 1.29 is 4.74 Å². The van der Waals surface area contributed by atoms with Crippen molar-refractivity contribution in [2.75, 3.05) is 11.9 Å². The van der Waals surface area contributed by atoms with E-state index < -0.39 is 0 Å².